The summed E-state index contributed by atoms with van der Waals surface area (Å²) in [6.07, 6.45) is 1.77. The van der Waals surface area contributed by atoms with E-state index in [0.717, 1.165) is 31.4 Å². The monoisotopic (exact) mass is 242 g/mol. The molecule has 2 N–H and O–H groups in total. The Balaban J connectivity index is 2.32. The van der Waals surface area contributed by atoms with Gasteiger partial charge in [0.05, 0.1) is 11.2 Å². The number of hydrogen-bond donors (Lipinski definition) is 2. The normalized spacial score (nSPS) is 21.2. The lowest BCUT2D eigenvalue weighted by Crippen LogP contribution is -2.39. The van der Waals surface area contributed by atoms with E-state index in [1.807, 2.05) is 0 Å². The number of benzene rings is 1. The van der Waals surface area contributed by atoms with Crippen LogP contribution in [0.4, 0.5) is 8.78 Å². The van der Waals surface area contributed by atoms with Gasteiger partial charge in [-0.25, -0.2) is 8.78 Å². The van der Waals surface area contributed by atoms with Gasteiger partial charge in [-0.3, -0.25) is 0 Å². The van der Waals surface area contributed by atoms with Gasteiger partial charge in [-0.05, 0) is 25.0 Å². The smallest absolute Gasteiger partial charge is 0.132 e. The van der Waals surface area contributed by atoms with Gasteiger partial charge in [-0.1, -0.05) is 25.3 Å². The van der Waals surface area contributed by atoms with Crippen molar-refractivity contribution >= 4 is 0 Å². The quantitative estimate of drug-likeness (QED) is 0.837. The van der Waals surface area contributed by atoms with Crippen molar-refractivity contribution in [2.75, 3.05) is 0 Å². The van der Waals surface area contributed by atoms with Crippen molar-refractivity contribution in [1.29, 1.82) is 0 Å². The molecular formula is C13H16F2O2. The van der Waals surface area contributed by atoms with Crippen molar-refractivity contribution in [2.24, 2.45) is 0 Å². The minimum absolute atomic E-state index is 0.377. The number of rotatable bonds is 2. The molecule has 17 heavy (non-hydrogen) atoms. The molecule has 0 spiro atoms. The molecule has 1 atom stereocenters. The minimum atomic E-state index is -1.50. The Morgan fingerprint density at radius 1 is 1.06 bits per heavy atom. The Bertz CT molecular complexity index is 380. The van der Waals surface area contributed by atoms with E-state index in [4.69, 9.17) is 0 Å². The predicted octanol–water partition coefficient (Wildman–Crippen LogP) is 2.69. The summed E-state index contributed by atoms with van der Waals surface area (Å²) in [6, 6.07) is 3.42. The van der Waals surface area contributed by atoms with Gasteiger partial charge in [0.2, 0.25) is 0 Å². The Labute approximate surface area is 98.9 Å². The van der Waals surface area contributed by atoms with Gasteiger partial charge in [-0.15, -0.1) is 0 Å². The van der Waals surface area contributed by atoms with Crippen molar-refractivity contribution in [3.63, 3.8) is 0 Å². The van der Waals surface area contributed by atoms with E-state index in [0.29, 0.717) is 12.8 Å². The van der Waals surface area contributed by atoms with E-state index < -0.39 is 28.9 Å². The summed E-state index contributed by atoms with van der Waals surface area (Å²) >= 11 is 0. The molecule has 94 valence electrons. The van der Waals surface area contributed by atoms with Gasteiger partial charge in [0.25, 0.3) is 0 Å². The molecule has 0 bridgehead atoms. The van der Waals surface area contributed by atoms with E-state index in [2.05, 4.69) is 0 Å². The topological polar surface area (TPSA) is 40.5 Å². The van der Waals surface area contributed by atoms with Gasteiger partial charge in [0.15, 0.2) is 0 Å². The minimum Gasteiger partial charge on any atom is -0.387 e. The highest BCUT2D eigenvalue weighted by atomic mass is 19.1. The van der Waals surface area contributed by atoms with E-state index in [9.17, 15) is 19.0 Å². The highest BCUT2D eigenvalue weighted by molar-refractivity contribution is 5.24. The Morgan fingerprint density at radius 2 is 1.59 bits per heavy atom. The van der Waals surface area contributed by atoms with E-state index in [1.165, 1.54) is 6.07 Å². The number of aliphatic hydroxyl groups is 2. The molecule has 0 saturated heterocycles. The van der Waals surface area contributed by atoms with Crippen LogP contribution in [0.2, 0.25) is 0 Å². The molecular weight excluding hydrogens is 226 g/mol. The Morgan fingerprint density at radius 3 is 2.12 bits per heavy atom. The van der Waals surface area contributed by atoms with Gasteiger partial charge in [0.1, 0.15) is 17.7 Å². The number of aliphatic hydroxyl groups excluding tert-OH is 1. The third-order valence-corrected chi connectivity index (χ3v) is 3.50. The summed E-state index contributed by atoms with van der Waals surface area (Å²) in [6.45, 7) is 0. The van der Waals surface area contributed by atoms with Crippen molar-refractivity contribution in [1.82, 2.24) is 0 Å². The zero-order valence-corrected chi connectivity index (χ0v) is 9.50. The van der Waals surface area contributed by atoms with Gasteiger partial charge in [0, 0.05) is 0 Å². The van der Waals surface area contributed by atoms with Crippen LogP contribution in [0.1, 0.15) is 43.8 Å². The molecule has 4 heteroatoms. The first kappa shape index (κ1) is 12.5. The van der Waals surface area contributed by atoms with Crippen molar-refractivity contribution < 1.29 is 19.0 Å². The predicted molar refractivity (Wildman–Crippen MR) is 59.4 cm³/mol. The molecule has 0 radical (unpaired) electrons. The van der Waals surface area contributed by atoms with Crippen LogP contribution in [-0.2, 0) is 0 Å². The van der Waals surface area contributed by atoms with Gasteiger partial charge >= 0.3 is 0 Å². The molecule has 1 aliphatic carbocycles. The second kappa shape index (κ2) is 4.70. The van der Waals surface area contributed by atoms with Crippen molar-refractivity contribution in [3.8, 4) is 0 Å². The zero-order valence-electron chi connectivity index (χ0n) is 9.50. The molecule has 1 aliphatic rings. The summed E-state index contributed by atoms with van der Waals surface area (Å²) in [5.74, 6) is -1.62. The summed E-state index contributed by atoms with van der Waals surface area (Å²) in [5, 5.41) is 20.3. The molecule has 1 unspecified atom stereocenters. The van der Waals surface area contributed by atoms with Crippen LogP contribution < -0.4 is 0 Å². The second-order valence-electron chi connectivity index (χ2n) is 4.70. The van der Waals surface area contributed by atoms with E-state index in [-0.39, 0.29) is 0 Å². The van der Waals surface area contributed by atoms with Crippen molar-refractivity contribution in [2.45, 2.75) is 43.8 Å². The molecule has 1 saturated carbocycles. The molecule has 1 fully saturated rings. The Hall–Kier alpha value is -1.00. The standard InChI is InChI=1S/C13H16F2O2/c14-9-5-4-6-10(15)11(9)12(16)13(17)7-2-1-3-8-13/h4-6,12,16-17H,1-3,7-8H2. The van der Waals surface area contributed by atoms with Crippen LogP contribution >= 0.6 is 0 Å². The van der Waals surface area contributed by atoms with Crippen LogP contribution in [0.5, 0.6) is 0 Å². The summed E-state index contributed by atoms with van der Waals surface area (Å²) in [7, 11) is 0. The number of halogens is 2. The van der Waals surface area contributed by atoms with Gasteiger partial charge in [-0.2, -0.15) is 0 Å². The second-order valence-corrected chi connectivity index (χ2v) is 4.70. The molecule has 1 aromatic carbocycles. The maximum absolute atomic E-state index is 13.5. The third-order valence-electron chi connectivity index (χ3n) is 3.50. The first-order valence-corrected chi connectivity index (χ1v) is 5.89. The van der Waals surface area contributed by atoms with Crippen LogP contribution in [0.15, 0.2) is 18.2 Å². The molecule has 2 nitrogen and oxygen atoms in total. The highest BCUT2D eigenvalue weighted by Crippen LogP contribution is 2.39. The van der Waals surface area contributed by atoms with E-state index >= 15 is 0 Å². The highest BCUT2D eigenvalue weighted by Gasteiger charge is 2.40. The maximum atomic E-state index is 13.5. The summed E-state index contributed by atoms with van der Waals surface area (Å²) in [5.41, 5.74) is -1.82. The molecule has 0 heterocycles. The fraction of sp³-hybridized carbons (Fsp3) is 0.538. The lowest BCUT2D eigenvalue weighted by atomic mass is 9.78. The lowest BCUT2D eigenvalue weighted by molar-refractivity contribution is -0.102. The molecule has 0 amide bonds. The summed E-state index contributed by atoms with van der Waals surface area (Å²) < 4.78 is 27.0. The summed E-state index contributed by atoms with van der Waals surface area (Å²) in [4.78, 5) is 0. The van der Waals surface area contributed by atoms with Gasteiger partial charge < -0.3 is 10.2 Å². The fourth-order valence-electron chi connectivity index (χ4n) is 2.48. The van der Waals surface area contributed by atoms with Crippen LogP contribution in [-0.4, -0.2) is 15.8 Å². The first-order chi connectivity index (χ1) is 8.04. The first-order valence-electron chi connectivity index (χ1n) is 5.89. The Kier molecular flexibility index (Phi) is 3.45. The van der Waals surface area contributed by atoms with Crippen molar-refractivity contribution in [3.05, 3.63) is 35.4 Å². The maximum Gasteiger partial charge on any atom is 0.132 e. The third kappa shape index (κ3) is 2.33. The average molecular weight is 242 g/mol. The lowest BCUT2D eigenvalue weighted by Gasteiger charge is -2.36. The number of hydrogen-bond acceptors (Lipinski definition) is 2. The fourth-order valence-corrected chi connectivity index (χ4v) is 2.48. The van der Waals surface area contributed by atoms with Crippen LogP contribution in [0, 0.1) is 11.6 Å². The van der Waals surface area contributed by atoms with E-state index in [1.54, 1.807) is 0 Å². The molecule has 0 aliphatic heterocycles. The SMILES string of the molecule is OC(c1c(F)cccc1F)C1(O)CCCCC1. The zero-order chi connectivity index (χ0) is 12.5. The molecule has 0 aromatic heterocycles. The average Bonchev–Trinajstić information content (AvgIpc) is 2.29. The van der Waals surface area contributed by atoms with Crippen LogP contribution in [0.3, 0.4) is 0 Å². The van der Waals surface area contributed by atoms with Crippen LogP contribution in [0.25, 0.3) is 0 Å². The molecule has 2 rings (SSSR count). The molecule has 1 aromatic rings. The largest absolute Gasteiger partial charge is 0.387 e.